The average molecular weight is 263 g/mol. The molecule has 2 N–H and O–H groups in total. The summed E-state index contributed by atoms with van der Waals surface area (Å²) in [7, 11) is 5.66. The van der Waals surface area contributed by atoms with Crippen LogP contribution in [0.2, 0.25) is 0 Å². The van der Waals surface area contributed by atoms with Gasteiger partial charge in [0, 0.05) is 24.8 Å². The van der Waals surface area contributed by atoms with Gasteiger partial charge in [-0.25, -0.2) is 0 Å². The number of carbonyl (C=O) groups excluding carboxylic acids is 1. The van der Waals surface area contributed by atoms with Crippen LogP contribution >= 0.6 is 0 Å². The van der Waals surface area contributed by atoms with Crippen LogP contribution in [0.1, 0.15) is 16.8 Å². The number of likely N-dealkylation sites (N-methyl/N-ethyl adjacent to an activating group) is 1. The van der Waals surface area contributed by atoms with E-state index in [9.17, 15) is 4.79 Å². The van der Waals surface area contributed by atoms with Crippen LogP contribution in [0.25, 0.3) is 0 Å². The summed E-state index contributed by atoms with van der Waals surface area (Å²) in [6.45, 7) is 1.53. The Morgan fingerprint density at radius 3 is 2.79 bits per heavy atom. The molecule has 1 unspecified atom stereocenters. The molecule has 1 aromatic carbocycles. The molecule has 1 heterocycles. The van der Waals surface area contributed by atoms with Crippen LogP contribution in [-0.4, -0.2) is 56.0 Å². The van der Waals surface area contributed by atoms with E-state index >= 15 is 0 Å². The number of carbonyl (C=O) groups is 1. The Morgan fingerprint density at radius 1 is 1.47 bits per heavy atom. The monoisotopic (exact) mass is 263 g/mol. The Hall–Kier alpha value is -1.75. The van der Waals surface area contributed by atoms with Gasteiger partial charge in [-0.1, -0.05) is 0 Å². The summed E-state index contributed by atoms with van der Waals surface area (Å²) in [4.78, 5) is 16.5. The number of methoxy groups -OCH3 is 1. The molecule has 0 aliphatic carbocycles. The second-order valence-electron chi connectivity index (χ2n) is 5.11. The molecule has 104 valence electrons. The first-order valence-corrected chi connectivity index (χ1v) is 6.42. The molecule has 1 atom stereocenters. The third-order valence-electron chi connectivity index (χ3n) is 3.67. The lowest BCUT2D eigenvalue weighted by molar-refractivity contribution is 0.0784. The molecular weight excluding hydrogens is 242 g/mol. The maximum absolute atomic E-state index is 12.5. The Kier molecular flexibility index (Phi) is 3.95. The number of hydrogen-bond acceptors (Lipinski definition) is 4. The minimum Gasteiger partial charge on any atom is -0.497 e. The van der Waals surface area contributed by atoms with Crippen LogP contribution in [-0.2, 0) is 0 Å². The maximum Gasteiger partial charge on any atom is 0.256 e. The smallest absolute Gasteiger partial charge is 0.256 e. The molecule has 1 fully saturated rings. The second kappa shape index (κ2) is 5.48. The van der Waals surface area contributed by atoms with Crippen molar-refractivity contribution in [2.75, 3.05) is 40.0 Å². The maximum atomic E-state index is 12.5. The van der Waals surface area contributed by atoms with Gasteiger partial charge in [0.2, 0.25) is 0 Å². The zero-order valence-corrected chi connectivity index (χ0v) is 11.7. The molecule has 5 nitrogen and oxygen atoms in total. The van der Waals surface area contributed by atoms with E-state index in [4.69, 9.17) is 10.5 Å². The quantitative estimate of drug-likeness (QED) is 0.828. The Bertz CT molecular complexity index is 474. The molecule has 1 aromatic rings. The van der Waals surface area contributed by atoms with E-state index in [0.29, 0.717) is 23.0 Å². The van der Waals surface area contributed by atoms with Crippen molar-refractivity contribution in [3.05, 3.63) is 23.8 Å². The number of nitrogens with two attached hydrogens (primary N) is 1. The molecule has 0 aromatic heterocycles. The molecule has 1 aliphatic rings. The highest BCUT2D eigenvalue weighted by Gasteiger charge is 2.29. The van der Waals surface area contributed by atoms with E-state index in [1.807, 2.05) is 19.0 Å². The minimum atomic E-state index is -0.0132. The highest BCUT2D eigenvalue weighted by molar-refractivity contribution is 5.99. The summed E-state index contributed by atoms with van der Waals surface area (Å²) in [5, 5.41) is 0. The standard InChI is InChI=1S/C14H21N3O2/c1-16(2)10-6-7-17(9-10)14(18)12-8-11(19-3)4-5-13(12)15/h4-5,8,10H,6-7,9,15H2,1-3H3. The number of benzene rings is 1. The van der Waals surface area contributed by atoms with Gasteiger partial charge in [0.05, 0.1) is 12.7 Å². The zero-order chi connectivity index (χ0) is 14.0. The van der Waals surface area contributed by atoms with Gasteiger partial charge < -0.3 is 20.3 Å². The molecule has 1 amide bonds. The van der Waals surface area contributed by atoms with Crippen LogP contribution in [0.5, 0.6) is 5.75 Å². The number of anilines is 1. The van der Waals surface area contributed by atoms with Crippen LogP contribution in [0, 0.1) is 0 Å². The van der Waals surface area contributed by atoms with Crippen LogP contribution in [0.3, 0.4) is 0 Å². The molecule has 2 rings (SSSR count). The van der Waals surface area contributed by atoms with Crippen molar-refractivity contribution in [2.24, 2.45) is 0 Å². The molecule has 0 saturated carbocycles. The number of rotatable bonds is 3. The summed E-state index contributed by atoms with van der Waals surface area (Å²) in [6.07, 6.45) is 1.00. The molecule has 0 radical (unpaired) electrons. The molecule has 0 bridgehead atoms. The van der Waals surface area contributed by atoms with Gasteiger partial charge in [0.15, 0.2) is 0 Å². The fraction of sp³-hybridized carbons (Fsp3) is 0.500. The summed E-state index contributed by atoms with van der Waals surface area (Å²) >= 11 is 0. The molecule has 19 heavy (non-hydrogen) atoms. The third-order valence-corrected chi connectivity index (χ3v) is 3.67. The van der Waals surface area contributed by atoms with Gasteiger partial charge in [-0.2, -0.15) is 0 Å². The van der Waals surface area contributed by atoms with E-state index in [0.717, 1.165) is 19.5 Å². The first-order chi connectivity index (χ1) is 9.02. The Morgan fingerprint density at radius 2 is 2.21 bits per heavy atom. The number of ether oxygens (including phenoxy) is 1. The summed E-state index contributed by atoms with van der Waals surface area (Å²) < 4.78 is 5.15. The van der Waals surface area contributed by atoms with Gasteiger partial charge in [0.25, 0.3) is 5.91 Å². The minimum absolute atomic E-state index is 0.0132. The van der Waals surface area contributed by atoms with E-state index in [2.05, 4.69) is 4.90 Å². The van der Waals surface area contributed by atoms with Crippen molar-refractivity contribution in [3.8, 4) is 5.75 Å². The van der Waals surface area contributed by atoms with Crippen LogP contribution < -0.4 is 10.5 Å². The number of likely N-dealkylation sites (tertiary alicyclic amines) is 1. The fourth-order valence-electron chi connectivity index (χ4n) is 2.37. The van der Waals surface area contributed by atoms with Gasteiger partial charge in [-0.3, -0.25) is 4.79 Å². The molecule has 5 heteroatoms. The largest absolute Gasteiger partial charge is 0.497 e. The highest BCUT2D eigenvalue weighted by Crippen LogP contribution is 2.23. The fourth-order valence-corrected chi connectivity index (χ4v) is 2.37. The third kappa shape index (κ3) is 2.81. The average Bonchev–Trinajstić information content (AvgIpc) is 2.88. The lowest BCUT2D eigenvalue weighted by atomic mass is 10.1. The number of nitrogen functional groups attached to an aromatic ring is 1. The van der Waals surface area contributed by atoms with E-state index < -0.39 is 0 Å². The molecule has 0 spiro atoms. The molecule has 1 aliphatic heterocycles. The van der Waals surface area contributed by atoms with Crippen molar-refractivity contribution >= 4 is 11.6 Å². The topological polar surface area (TPSA) is 58.8 Å². The SMILES string of the molecule is COc1ccc(N)c(C(=O)N2CCC(N(C)C)C2)c1. The van der Waals surface area contributed by atoms with Gasteiger partial charge in [0.1, 0.15) is 5.75 Å². The lowest BCUT2D eigenvalue weighted by Crippen LogP contribution is -2.34. The Labute approximate surface area is 113 Å². The van der Waals surface area contributed by atoms with Crippen molar-refractivity contribution in [2.45, 2.75) is 12.5 Å². The van der Waals surface area contributed by atoms with Gasteiger partial charge >= 0.3 is 0 Å². The lowest BCUT2D eigenvalue weighted by Gasteiger charge is -2.21. The van der Waals surface area contributed by atoms with E-state index in [1.165, 1.54) is 0 Å². The first-order valence-electron chi connectivity index (χ1n) is 6.42. The molecule has 1 saturated heterocycles. The normalized spacial score (nSPS) is 18.9. The number of nitrogens with zero attached hydrogens (tertiary/aromatic N) is 2. The number of amides is 1. The van der Waals surface area contributed by atoms with Crippen molar-refractivity contribution in [3.63, 3.8) is 0 Å². The molecular formula is C14H21N3O2. The second-order valence-corrected chi connectivity index (χ2v) is 5.11. The Balaban J connectivity index is 2.16. The van der Waals surface area contributed by atoms with Gasteiger partial charge in [-0.15, -0.1) is 0 Å². The van der Waals surface area contributed by atoms with Crippen molar-refractivity contribution in [1.82, 2.24) is 9.80 Å². The number of hydrogen-bond donors (Lipinski definition) is 1. The zero-order valence-electron chi connectivity index (χ0n) is 11.7. The van der Waals surface area contributed by atoms with Crippen molar-refractivity contribution < 1.29 is 9.53 Å². The highest BCUT2D eigenvalue weighted by atomic mass is 16.5. The van der Waals surface area contributed by atoms with E-state index in [-0.39, 0.29) is 5.91 Å². The summed E-state index contributed by atoms with van der Waals surface area (Å²) in [6, 6.07) is 5.61. The first kappa shape index (κ1) is 13.7. The summed E-state index contributed by atoms with van der Waals surface area (Å²) in [5.74, 6) is 0.640. The van der Waals surface area contributed by atoms with Crippen molar-refractivity contribution in [1.29, 1.82) is 0 Å². The predicted octanol–water partition coefficient (Wildman–Crippen LogP) is 1.05. The van der Waals surface area contributed by atoms with E-state index in [1.54, 1.807) is 25.3 Å². The van der Waals surface area contributed by atoms with Gasteiger partial charge in [-0.05, 0) is 38.7 Å². The summed E-state index contributed by atoms with van der Waals surface area (Å²) in [5.41, 5.74) is 6.92. The van der Waals surface area contributed by atoms with Crippen LogP contribution in [0.15, 0.2) is 18.2 Å². The predicted molar refractivity (Wildman–Crippen MR) is 75.4 cm³/mol. The van der Waals surface area contributed by atoms with Crippen LogP contribution in [0.4, 0.5) is 5.69 Å².